The second-order valence-corrected chi connectivity index (χ2v) is 8.39. The number of benzene rings is 1. The smallest absolute Gasteiger partial charge is 0.326 e. The monoisotopic (exact) mass is 427 g/mol. The number of nitrogens with zero attached hydrogens (tertiary/aromatic N) is 2. The summed E-state index contributed by atoms with van der Waals surface area (Å²) in [6.45, 7) is 9.14. The molecular weight excluding hydrogens is 402 g/mol. The number of thiophene rings is 1. The predicted octanol–water partition coefficient (Wildman–Crippen LogP) is 3.98. The van der Waals surface area contributed by atoms with Crippen LogP contribution in [0.2, 0.25) is 0 Å². The molecule has 3 aromatic rings. The highest BCUT2D eigenvalue weighted by atomic mass is 32.1. The largest absolute Gasteiger partial charge is 0.461 e. The lowest BCUT2D eigenvalue weighted by Crippen LogP contribution is -2.27. The van der Waals surface area contributed by atoms with Gasteiger partial charge in [0.2, 0.25) is 0 Å². The summed E-state index contributed by atoms with van der Waals surface area (Å²) in [5.41, 5.74) is 2.99. The van der Waals surface area contributed by atoms with Gasteiger partial charge in [-0.1, -0.05) is 24.6 Å². The van der Waals surface area contributed by atoms with Crippen LogP contribution in [0.25, 0.3) is 10.2 Å². The van der Waals surface area contributed by atoms with Crippen LogP contribution in [0, 0.1) is 20.8 Å². The molecule has 1 amide bonds. The molecule has 1 unspecified atom stereocenters. The maximum absolute atomic E-state index is 12.9. The number of nitrogens with one attached hydrogen (secondary N) is 1. The number of aromatic nitrogens is 2. The average Bonchev–Trinajstić information content (AvgIpc) is 3.03. The van der Waals surface area contributed by atoms with Crippen LogP contribution >= 0.6 is 11.3 Å². The maximum Gasteiger partial charge on any atom is 0.326 e. The van der Waals surface area contributed by atoms with E-state index in [0.717, 1.165) is 28.2 Å². The fraction of sp³-hybridized carbons (Fsp3) is 0.364. The van der Waals surface area contributed by atoms with Gasteiger partial charge in [-0.25, -0.2) is 4.98 Å². The van der Waals surface area contributed by atoms with E-state index in [4.69, 9.17) is 4.74 Å². The Morgan fingerprint density at radius 1 is 1.27 bits per heavy atom. The van der Waals surface area contributed by atoms with Crippen molar-refractivity contribution >= 4 is 39.1 Å². The number of anilines is 1. The molecule has 0 fully saturated rings. The Balaban J connectivity index is 1.90. The van der Waals surface area contributed by atoms with E-state index in [-0.39, 0.29) is 24.1 Å². The third-order valence-corrected chi connectivity index (χ3v) is 6.16. The number of carbonyl (C=O) groups is 2. The standard InChI is InChI=1S/C22H25N3O4S/c1-6-14(4)29-17(26)10-25-11-23-21-18(22(25)28)15(5)19(30-21)20(27)24-16-8-7-12(2)9-13(16)3/h7-9,11,14H,6,10H2,1-5H3,(H,24,27). The van der Waals surface area contributed by atoms with E-state index in [0.29, 0.717) is 27.1 Å². The number of hydrogen-bond acceptors (Lipinski definition) is 6. The lowest BCUT2D eigenvalue weighted by Gasteiger charge is -2.11. The van der Waals surface area contributed by atoms with Crippen molar-refractivity contribution in [1.82, 2.24) is 9.55 Å². The van der Waals surface area contributed by atoms with E-state index in [1.165, 1.54) is 10.9 Å². The first-order valence-corrected chi connectivity index (χ1v) is 10.6. The number of amides is 1. The van der Waals surface area contributed by atoms with Crippen LogP contribution in [-0.4, -0.2) is 27.5 Å². The summed E-state index contributed by atoms with van der Waals surface area (Å²) < 4.78 is 6.46. The number of carbonyl (C=O) groups excluding carboxylic acids is 2. The van der Waals surface area contributed by atoms with Gasteiger partial charge in [-0.15, -0.1) is 11.3 Å². The van der Waals surface area contributed by atoms with Crippen molar-refractivity contribution in [2.24, 2.45) is 0 Å². The fourth-order valence-corrected chi connectivity index (χ4v) is 4.14. The fourth-order valence-electron chi connectivity index (χ4n) is 3.11. The van der Waals surface area contributed by atoms with Gasteiger partial charge < -0.3 is 10.1 Å². The quantitative estimate of drug-likeness (QED) is 0.601. The zero-order valence-corrected chi connectivity index (χ0v) is 18.6. The summed E-state index contributed by atoms with van der Waals surface area (Å²) in [7, 11) is 0. The van der Waals surface area contributed by atoms with Gasteiger partial charge in [-0.05, 0) is 51.3 Å². The van der Waals surface area contributed by atoms with Crippen LogP contribution in [0.5, 0.6) is 0 Å². The summed E-state index contributed by atoms with van der Waals surface area (Å²) in [5, 5.41) is 3.26. The molecule has 0 radical (unpaired) electrons. The van der Waals surface area contributed by atoms with Gasteiger partial charge in [0, 0.05) is 5.69 Å². The molecule has 1 atom stereocenters. The number of hydrogen-bond donors (Lipinski definition) is 1. The molecule has 1 aromatic carbocycles. The Kier molecular flexibility index (Phi) is 6.36. The van der Waals surface area contributed by atoms with Crippen molar-refractivity contribution in [3.8, 4) is 0 Å². The van der Waals surface area contributed by atoms with E-state index in [1.807, 2.05) is 39.0 Å². The summed E-state index contributed by atoms with van der Waals surface area (Å²) in [4.78, 5) is 43.0. The molecule has 0 saturated carbocycles. The van der Waals surface area contributed by atoms with Gasteiger partial charge in [-0.2, -0.15) is 0 Å². The van der Waals surface area contributed by atoms with Gasteiger partial charge >= 0.3 is 5.97 Å². The molecule has 2 aromatic heterocycles. The Bertz CT molecular complexity index is 1180. The summed E-state index contributed by atoms with van der Waals surface area (Å²) in [6.07, 6.45) is 1.80. The van der Waals surface area contributed by atoms with Gasteiger partial charge in [0.05, 0.1) is 22.7 Å². The zero-order valence-electron chi connectivity index (χ0n) is 17.7. The van der Waals surface area contributed by atoms with Crippen molar-refractivity contribution in [1.29, 1.82) is 0 Å². The number of fused-ring (bicyclic) bond motifs is 1. The van der Waals surface area contributed by atoms with Crippen molar-refractivity contribution in [3.63, 3.8) is 0 Å². The van der Waals surface area contributed by atoms with Gasteiger partial charge in [-0.3, -0.25) is 19.0 Å². The van der Waals surface area contributed by atoms with Crippen LogP contribution in [0.15, 0.2) is 29.3 Å². The molecule has 7 nitrogen and oxygen atoms in total. The van der Waals surface area contributed by atoms with Crippen molar-refractivity contribution < 1.29 is 14.3 Å². The zero-order chi connectivity index (χ0) is 22.0. The molecule has 0 bridgehead atoms. The maximum atomic E-state index is 12.9. The van der Waals surface area contributed by atoms with Crippen molar-refractivity contribution in [3.05, 3.63) is 56.4 Å². The first-order chi connectivity index (χ1) is 14.2. The molecule has 30 heavy (non-hydrogen) atoms. The minimum atomic E-state index is -0.492. The molecular formula is C22H25N3O4S. The number of esters is 1. The highest BCUT2D eigenvalue weighted by Crippen LogP contribution is 2.28. The topological polar surface area (TPSA) is 90.3 Å². The first kappa shape index (κ1) is 21.7. The van der Waals surface area contributed by atoms with Crippen molar-refractivity contribution in [2.45, 2.75) is 53.7 Å². The minimum absolute atomic E-state index is 0.215. The molecule has 3 rings (SSSR count). The third kappa shape index (κ3) is 4.43. The summed E-state index contributed by atoms with van der Waals surface area (Å²) >= 11 is 1.16. The van der Waals surface area contributed by atoms with E-state index < -0.39 is 5.97 Å². The van der Waals surface area contributed by atoms with Gasteiger partial charge in [0.15, 0.2) is 0 Å². The van der Waals surface area contributed by atoms with Gasteiger partial charge in [0.1, 0.15) is 11.4 Å². The first-order valence-electron chi connectivity index (χ1n) is 9.77. The molecule has 8 heteroatoms. The lowest BCUT2D eigenvalue weighted by atomic mass is 10.1. The van der Waals surface area contributed by atoms with E-state index in [2.05, 4.69) is 10.3 Å². The Labute approximate surface area is 178 Å². The van der Waals surface area contributed by atoms with Crippen molar-refractivity contribution in [2.75, 3.05) is 5.32 Å². The lowest BCUT2D eigenvalue weighted by molar-refractivity contribution is -0.149. The second-order valence-electron chi connectivity index (χ2n) is 7.40. The number of ether oxygens (including phenoxy) is 1. The predicted molar refractivity (Wildman–Crippen MR) is 118 cm³/mol. The number of aryl methyl sites for hydroxylation is 3. The molecule has 0 spiro atoms. The van der Waals surface area contributed by atoms with Crippen LogP contribution in [-0.2, 0) is 16.1 Å². The van der Waals surface area contributed by atoms with Crippen LogP contribution in [0.3, 0.4) is 0 Å². The molecule has 158 valence electrons. The second kappa shape index (κ2) is 8.79. The Hall–Kier alpha value is -3.00. The normalized spacial score (nSPS) is 12.0. The van der Waals surface area contributed by atoms with E-state index >= 15 is 0 Å². The molecule has 1 N–H and O–H groups in total. The number of rotatable bonds is 6. The Morgan fingerprint density at radius 3 is 2.67 bits per heavy atom. The Morgan fingerprint density at radius 2 is 2.00 bits per heavy atom. The molecule has 0 aliphatic carbocycles. The van der Waals surface area contributed by atoms with Crippen LogP contribution < -0.4 is 10.9 Å². The molecule has 0 aliphatic heterocycles. The summed E-state index contributed by atoms with van der Waals surface area (Å²) in [5.74, 6) is -0.780. The molecule has 2 heterocycles. The highest BCUT2D eigenvalue weighted by Gasteiger charge is 2.21. The third-order valence-electron chi connectivity index (χ3n) is 4.96. The SMILES string of the molecule is CCC(C)OC(=O)Cn1cnc2sc(C(=O)Nc3ccc(C)cc3C)c(C)c2c1=O. The molecule has 0 saturated heterocycles. The van der Waals surface area contributed by atoms with Gasteiger partial charge in [0.25, 0.3) is 11.5 Å². The highest BCUT2D eigenvalue weighted by molar-refractivity contribution is 7.20. The average molecular weight is 428 g/mol. The minimum Gasteiger partial charge on any atom is -0.461 e. The van der Waals surface area contributed by atoms with E-state index in [9.17, 15) is 14.4 Å². The van der Waals surface area contributed by atoms with E-state index in [1.54, 1.807) is 13.8 Å². The van der Waals surface area contributed by atoms with Crippen LogP contribution in [0.1, 0.15) is 46.6 Å². The summed E-state index contributed by atoms with van der Waals surface area (Å²) in [6, 6.07) is 5.78. The van der Waals surface area contributed by atoms with Crippen LogP contribution in [0.4, 0.5) is 5.69 Å². The molecule has 0 aliphatic rings.